The fourth-order valence-electron chi connectivity index (χ4n) is 1.51. The fourth-order valence-corrected chi connectivity index (χ4v) is 1.97. The number of carbonyl (C=O) groups is 2. The first-order valence-corrected chi connectivity index (χ1v) is 5.70. The minimum absolute atomic E-state index is 0.267. The van der Waals surface area contributed by atoms with E-state index in [1.807, 2.05) is 6.07 Å². The van der Waals surface area contributed by atoms with Gasteiger partial charge in [-0.15, -0.1) is 0 Å². The second kappa shape index (κ2) is 4.65. The number of hydrogen-bond donors (Lipinski definition) is 1. The first kappa shape index (κ1) is 11.1. The Morgan fingerprint density at radius 3 is 2.81 bits per heavy atom. The summed E-state index contributed by atoms with van der Waals surface area (Å²) >= 11 is 3.28. The number of ether oxygens (including phenoxy) is 1. The highest BCUT2D eigenvalue weighted by Crippen LogP contribution is 2.16. The van der Waals surface area contributed by atoms with Gasteiger partial charge in [-0.25, -0.2) is 4.79 Å². The Labute approximate surface area is 101 Å². The van der Waals surface area contributed by atoms with Crippen molar-refractivity contribution in [1.82, 2.24) is 5.32 Å². The van der Waals surface area contributed by atoms with Crippen molar-refractivity contribution in [3.63, 3.8) is 0 Å². The lowest BCUT2D eigenvalue weighted by Crippen LogP contribution is -2.38. The molecule has 2 rings (SSSR count). The van der Waals surface area contributed by atoms with E-state index in [0.717, 1.165) is 0 Å². The summed E-state index contributed by atoms with van der Waals surface area (Å²) in [4.78, 5) is 23.0. The normalized spacial score (nSPS) is 19.3. The van der Waals surface area contributed by atoms with Gasteiger partial charge in [-0.2, -0.15) is 0 Å². The molecule has 0 unspecified atom stereocenters. The molecule has 1 aliphatic heterocycles. The van der Waals surface area contributed by atoms with E-state index in [4.69, 9.17) is 4.74 Å². The van der Waals surface area contributed by atoms with Gasteiger partial charge >= 0.3 is 5.97 Å². The molecule has 1 aromatic carbocycles. The summed E-state index contributed by atoms with van der Waals surface area (Å²) in [6.45, 7) is 0.375. The van der Waals surface area contributed by atoms with Gasteiger partial charge in [0.2, 0.25) is 0 Å². The molecular formula is C11H10BrNO3. The number of benzene rings is 1. The maximum atomic E-state index is 11.8. The van der Waals surface area contributed by atoms with Gasteiger partial charge in [0.05, 0.1) is 12.2 Å². The summed E-state index contributed by atoms with van der Waals surface area (Å²) in [7, 11) is 0. The van der Waals surface area contributed by atoms with Gasteiger partial charge in [0, 0.05) is 10.9 Å². The smallest absolute Gasteiger partial charge is 0.328 e. The highest BCUT2D eigenvalue weighted by Gasteiger charge is 2.28. The number of nitrogens with one attached hydrogen (secondary N) is 1. The average molecular weight is 284 g/mol. The zero-order valence-corrected chi connectivity index (χ0v) is 9.99. The van der Waals surface area contributed by atoms with Crippen LogP contribution in [0.1, 0.15) is 16.8 Å². The van der Waals surface area contributed by atoms with Gasteiger partial charge in [0.15, 0.2) is 0 Å². The minimum Gasteiger partial charge on any atom is -0.464 e. The van der Waals surface area contributed by atoms with Crippen molar-refractivity contribution in [2.24, 2.45) is 0 Å². The number of hydrogen-bond acceptors (Lipinski definition) is 3. The number of esters is 1. The van der Waals surface area contributed by atoms with Crippen LogP contribution in [0.2, 0.25) is 0 Å². The number of halogens is 1. The van der Waals surface area contributed by atoms with Crippen LogP contribution in [0.4, 0.5) is 0 Å². The monoisotopic (exact) mass is 283 g/mol. The molecule has 1 amide bonds. The molecule has 1 aromatic rings. The summed E-state index contributed by atoms with van der Waals surface area (Å²) in [6.07, 6.45) is 0.537. The molecule has 1 atom stereocenters. The maximum Gasteiger partial charge on any atom is 0.328 e. The lowest BCUT2D eigenvalue weighted by molar-refractivity contribution is -0.139. The molecule has 0 radical (unpaired) electrons. The van der Waals surface area contributed by atoms with Crippen LogP contribution in [0.25, 0.3) is 0 Å². The van der Waals surface area contributed by atoms with Crippen molar-refractivity contribution < 1.29 is 14.3 Å². The largest absolute Gasteiger partial charge is 0.464 e. The Bertz CT molecular complexity index is 433. The summed E-state index contributed by atoms with van der Waals surface area (Å²) < 4.78 is 5.47. The number of rotatable bonds is 2. The molecule has 1 N–H and O–H groups in total. The summed E-state index contributed by atoms with van der Waals surface area (Å²) in [6, 6.07) is 6.55. The molecular weight excluding hydrogens is 274 g/mol. The van der Waals surface area contributed by atoms with E-state index in [-0.39, 0.29) is 11.9 Å². The third-order valence-electron chi connectivity index (χ3n) is 2.36. The van der Waals surface area contributed by atoms with Crippen molar-refractivity contribution in [3.8, 4) is 0 Å². The number of amides is 1. The molecule has 1 saturated heterocycles. The van der Waals surface area contributed by atoms with Crippen LogP contribution in [-0.2, 0) is 9.53 Å². The zero-order valence-electron chi connectivity index (χ0n) is 8.40. The molecule has 1 fully saturated rings. The highest BCUT2D eigenvalue weighted by molar-refractivity contribution is 9.10. The fraction of sp³-hybridized carbons (Fsp3) is 0.273. The zero-order chi connectivity index (χ0) is 11.5. The minimum atomic E-state index is -0.514. The van der Waals surface area contributed by atoms with E-state index < -0.39 is 6.04 Å². The quantitative estimate of drug-likeness (QED) is 0.837. The summed E-state index contributed by atoms with van der Waals surface area (Å²) in [5, 5.41) is 2.64. The molecule has 16 heavy (non-hydrogen) atoms. The molecule has 0 aliphatic carbocycles. The molecule has 0 saturated carbocycles. The molecule has 5 heteroatoms. The third-order valence-corrected chi connectivity index (χ3v) is 3.05. The first-order chi connectivity index (χ1) is 7.68. The Balaban J connectivity index is 2.09. The first-order valence-electron chi connectivity index (χ1n) is 4.90. The number of cyclic esters (lactones) is 1. The summed E-state index contributed by atoms with van der Waals surface area (Å²) in [5.41, 5.74) is 0.516. The van der Waals surface area contributed by atoms with Crippen LogP contribution >= 0.6 is 15.9 Å². The predicted molar refractivity (Wildman–Crippen MR) is 61.0 cm³/mol. The Hall–Kier alpha value is -1.36. The van der Waals surface area contributed by atoms with E-state index >= 15 is 0 Å². The van der Waals surface area contributed by atoms with E-state index in [2.05, 4.69) is 21.2 Å². The highest BCUT2D eigenvalue weighted by atomic mass is 79.9. The van der Waals surface area contributed by atoms with Gasteiger partial charge in [0.25, 0.3) is 5.91 Å². The van der Waals surface area contributed by atoms with Crippen LogP contribution in [0.15, 0.2) is 28.7 Å². The van der Waals surface area contributed by atoms with Crippen molar-refractivity contribution >= 4 is 27.8 Å². The molecule has 4 nitrogen and oxygen atoms in total. The van der Waals surface area contributed by atoms with E-state index in [0.29, 0.717) is 23.1 Å². The Morgan fingerprint density at radius 1 is 1.44 bits per heavy atom. The third kappa shape index (κ3) is 2.24. The van der Waals surface area contributed by atoms with E-state index in [1.165, 1.54) is 0 Å². The summed E-state index contributed by atoms with van der Waals surface area (Å²) in [5.74, 6) is -0.628. The van der Waals surface area contributed by atoms with E-state index in [9.17, 15) is 9.59 Å². The van der Waals surface area contributed by atoms with Crippen LogP contribution in [0, 0.1) is 0 Å². The van der Waals surface area contributed by atoms with Gasteiger partial charge < -0.3 is 10.1 Å². The standard InChI is InChI=1S/C11H10BrNO3/c12-8-4-2-1-3-7(8)10(14)13-9-5-6-16-11(9)15/h1-4,9H,5-6H2,(H,13,14)/t9-/m1/s1. The second-order valence-electron chi connectivity index (χ2n) is 3.46. The van der Waals surface area contributed by atoms with Crippen LogP contribution in [0.5, 0.6) is 0 Å². The van der Waals surface area contributed by atoms with E-state index in [1.54, 1.807) is 18.2 Å². The van der Waals surface area contributed by atoms with Crippen molar-refractivity contribution in [1.29, 1.82) is 0 Å². The Kier molecular flexibility index (Phi) is 3.24. The number of carbonyl (C=O) groups excluding carboxylic acids is 2. The van der Waals surface area contributed by atoms with Gasteiger partial charge in [-0.3, -0.25) is 4.79 Å². The predicted octanol–water partition coefficient (Wildman–Crippen LogP) is 1.49. The van der Waals surface area contributed by atoms with Gasteiger partial charge in [-0.1, -0.05) is 12.1 Å². The van der Waals surface area contributed by atoms with Gasteiger partial charge in [-0.05, 0) is 28.1 Å². The SMILES string of the molecule is O=C(N[C@@H]1CCOC1=O)c1ccccc1Br. The van der Waals surface area contributed by atoms with Crippen molar-refractivity contribution in [2.75, 3.05) is 6.61 Å². The molecule has 0 bridgehead atoms. The lowest BCUT2D eigenvalue weighted by atomic mass is 10.2. The lowest BCUT2D eigenvalue weighted by Gasteiger charge is -2.09. The average Bonchev–Trinajstić information content (AvgIpc) is 2.65. The molecule has 0 spiro atoms. The molecule has 84 valence electrons. The van der Waals surface area contributed by atoms with Crippen molar-refractivity contribution in [2.45, 2.75) is 12.5 Å². The Morgan fingerprint density at radius 2 is 2.19 bits per heavy atom. The topological polar surface area (TPSA) is 55.4 Å². The molecule has 1 aliphatic rings. The van der Waals surface area contributed by atoms with Crippen molar-refractivity contribution in [3.05, 3.63) is 34.3 Å². The van der Waals surface area contributed by atoms with Gasteiger partial charge in [0.1, 0.15) is 6.04 Å². The van der Waals surface area contributed by atoms with Crippen LogP contribution in [0.3, 0.4) is 0 Å². The maximum absolute atomic E-state index is 11.8. The molecule has 1 heterocycles. The van der Waals surface area contributed by atoms with Crippen LogP contribution in [-0.4, -0.2) is 24.5 Å². The second-order valence-corrected chi connectivity index (χ2v) is 4.32. The molecule has 0 aromatic heterocycles. The van der Waals surface area contributed by atoms with Crippen LogP contribution < -0.4 is 5.32 Å².